The molecule has 7 heteroatoms. The number of amides is 1. The largest absolute Gasteiger partial charge is 0.497 e. The number of hydrogen-bond donors (Lipinski definition) is 1. The molecule has 0 radical (unpaired) electrons. The lowest BCUT2D eigenvalue weighted by molar-refractivity contribution is -0.120. The van der Waals surface area contributed by atoms with E-state index in [0.717, 1.165) is 28.7 Å². The average Bonchev–Trinajstić information content (AvgIpc) is 3.09. The molecular formula is C21H28N4O2S. The van der Waals surface area contributed by atoms with Crippen molar-refractivity contribution in [3.63, 3.8) is 0 Å². The predicted octanol–water partition coefficient (Wildman–Crippen LogP) is 3.98. The summed E-state index contributed by atoms with van der Waals surface area (Å²) in [5, 5.41) is 12.1. The number of ether oxygens (including phenoxy) is 1. The summed E-state index contributed by atoms with van der Waals surface area (Å²) in [5.74, 6) is 1.60. The second-order valence-corrected chi connectivity index (χ2v) is 8.31. The van der Waals surface area contributed by atoms with Crippen LogP contribution in [-0.4, -0.2) is 39.6 Å². The van der Waals surface area contributed by atoms with Crippen LogP contribution in [0.2, 0.25) is 0 Å². The molecule has 1 aromatic carbocycles. The fourth-order valence-corrected chi connectivity index (χ4v) is 4.08. The first-order valence-corrected chi connectivity index (χ1v) is 10.6. The fraction of sp³-hybridized carbons (Fsp3) is 0.476. The monoisotopic (exact) mass is 400 g/mol. The Kier molecular flexibility index (Phi) is 7.14. The maximum Gasteiger partial charge on any atom is 0.233 e. The lowest BCUT2D eigenvalue weighted by atomic mass is 9.97. The molecule has 0 saturated carbocycles. The van der Waals surface area contributed by atoms with Crippen molar-refractivity contribution in [3.05, 3.63) is 35.9 Å². The molecule has 0 spiro atoms. The number of carbonyl (C=O) groups is 1. The van der Waals surface area contributed by atoms with Crippen molar-refractivity contribution in [2.24, 2.45) is 7.05 Å². The normalized spacial score (nSPS) is 15.0. The van der Waals surface area contributed by atoms with Gasteiger partial charge in [-0.2, -0.15) is 0 Å². The van der Waals surface area contributed by atoms with Crippen molar-refractivity contribution in [1.82, 2.24) is 20.1 Å². The molecule has 1 aliphatic carbocycles. The van der Waals surface area contributed by atoms with Gasteiger partial charge in [0, 0.05) is 19.2 Å². The first-order valence-electron chi connectivity index (χ1n) is 9.74. The van der Waals surface area contributed by atoms with Gasteiger partial charge in [-0.15, -0.1) is 10.2 Å². The Labute approximate surface area is 170 Å². The molecule has 1 N–H and O–H groups in total. The molecule has 6 nitrogen and oxygen atoms in total. The first-order chi connectivity index (χ1) is 13.6. The van der Waals surface area contributed by atoms with Crippen LogP contribution in [0.1, 0.15) is 39.0 Å². The summed E-state index contributed by atoms with van der Waals surface area (Å²) in [6, 6.07) is 7.70. The summed E-state index contributed by atoms with van der Waals surface area (Å²) in [5.41, 5.74) is 2.44. The van der Waals surface area contributed by atoms with Gasteiger partial charge in [-0.05, 0) is 63.3 Å². The number of methoxy groups -OCH3 is 1. The molecular weight excluding hydrogens is 372 g/mol. The molecule has 1 unspecified atom stereocenters. The van der Waals surface area contributed by atoms with Gasteiger partial charge in [0.2, 0.25) is 5.91 Å². The minimum atomic E-state index is -0.230. The maximum atomic E-state index is 12.4. The van der Waals surface area contributed by atoms with Crippen LogP contribution in [-0.2, 0) is 11.8 Å². The lowest BCUT2D eigenvalue weighted by Crippen LogP contribution is -2.32. The average molecular weight is 401 g/mol. The first kappa shape index (κ1) is 20.5. The number of benzene rings is 1. The third-order valence-corrected chi connectivity index (χ3v) is 6.10. The van der Waals surface area contributed by atoms with Crippen molar-refractivity contribution in [2.75, 3.05) is 13.7 Å². The van der Waals surface area contributed by atoms with E-state index in [1.165, 1.54) is 43.0 Å². The van der Waals surface area contributed by atoms with Crippen LogP contribution in [0.3, 0.4) is 0 Å². The van der Waals surface area contributed by atoms with Gasteiger partial charge in [-0.25, -0.2) is 0 Å². The molecule has 0 bridgehead atoms. The van der Waals surface area contributed by atoms with Crippen LogP contribution in [0.25, 0.3) is 11.4 Å². The van der Waals surface area contributed by atoms with Crippen molar-refractivity contribution in [2.45, 2.75) is 49.4 Å². The van der Waals surface area contributed by atoms with E-state index in [1.807, 2.05) is 42.8 Å². The minimum Gasteiger partial charge on any atom is -0.497 e. The standard InChI is InChI=1S/C21H28N4O2S/c1-15(20(26)22-14-13-16-7-5-4-6-8-16)28-21-24-23-19(25(21)2)17-9-11-18(27-3)12-10-17/h7,9-12,15H,4-6,8,13-14H2,1-3H3,(H,22,26). The minimum absolute atomic E-state index is 0.0374. The number of thioether (sulfide) groups is 1. The van der Waals surface area contributed by atoms with E-state index < -0.39 is 0 Å². The zero-order chi connectivity index (χ0) is 19.9. The number of nitrogens with one attached hydrogen (secondary N) is 1. The number of hydrogen-bond acceptors (Lipinski definition) is 5. The number of nitrogens with zero attached hydrogens (tertiary/aromatic N) is 3. The van der Waals surface area contributed by atoms with Crippen LogP contribution in [0.5, 0.6) is 5.75 Å². The highest BCUT2D eigenvalue weighted by atomic mass is 32.2. The Morgan fingerprint density at radius 2 is 2.07 bits per heavy atom. The molecule has 3 rings (SSSR count). The SMILES string of the molecule is COc1ccc(-c2nnc(SC(C)C(=O)NCCC3=CCCCC3)n2C)cc1. The van der Waals surface area contributed by atoms with Gasteiger partial charge < -0.3 is 14.6 Å². The highest BCUT2D eigenvalue weighted by molar-refractivity contribution is 8.00. The number of rotatable bonds is 8. The zero-order valence-corrected chi connectivity index (χ0v) is 17.6. The lowest BCUT2D eigenvalue weighted by Gasteiger charge is -2.14. The Morgan fingerprint density at radius 3 is 2.75 bits per heavy atom. The Morgan fingerprint density at radius 1 is 1.29 bits per heavy atom. The van der Waals surface area contributed by atoms with E-state index in [1.54, 1.807) is 7.11 Å². The van der Waals surface area contributed by atoms with Gasteiger partial charge in [0.15, 0.2) is 11.0 Å². The Hall–Kier alpha value is -2.28. The summed E-state index contributed by atoms with van der Waals surface area (Å²) in [6.45, 7) is 2.60. The molecule has 0 fully saturated rings. The zero-order valence-electron chi connectivity index (χ0n) is 16.8. The highest BCUT2D eigenvalue weighted by Crippen LogP contribution is 2.27. The molecule has 150 valence electrons. The molecule has 0 saturated heterocycles. The smallest absolute Gasteiger partial charge is 0.233 e. The van der Waals surface area contributed by atoms with E-state index >= 15 is 0 Å². The van der Waals surface area contributed by atoms with Gasteiger partial charge in [-0.3, -0.25) is 4.79 Å². The number of carbonyl (C=O) groups excluding carboxylic acids is 1. The topological polar surface area (TPSA) is 69.0 Å². The third kappa shape index (κ3) is 5.16. The van der Waals surface area contributed by atoms with E-state index in [4.69, 9.17) is 4.74 Å². The molecule has 1 aliphatic rings. The predicted molar refractivity (Wildman–Crippen MR) is 112 cm³/mol. The van der Waals surface area contributed by atoms with Crippen LogP contribution in [0, 0.1) is 0 Å². The van der Waals surface area contributed by atoms with E-state index in [9.17, 15) is 4.79 Å². The van der Waals surface area contributed by atoms with Crippen LogP contribution in [0.4, 0.5) is 0 Å². The summed E-state index contributed by atoms with van der Waals surface area (Å²) in [4.78, 5) is 12.4. The van der Waals surface area contributed by atoms with Crippen molar-refractivity contribution >= 4 is 17.7 Å². The van der Waals surface area contributed by atoms with Gasteiger partial charge in [0.25, 0.3) is 0 Å². The van der Waals surface area contributed by atoms with Gasteiger partial charge in [0.05, 0.1) is 12.4 Å². The van der Waals surface area contributed by atoms with Crippen LogP contribution >= 0.6 is 11.8 Å². The summed E-state index contributed by atoms with van der Waals surface area (Å²) in [6.07, 6.45) is 8.20. The quantitative estimate of drug-likeness (QED) is 0.536. The van der Waals surface area contributed by atoms with Crippen LogP contribution < -0.4 is 10.1 Å². The molecule has 28 heavy (non-hydrogen) atoms. The third-order valence-electron chi connectivity index (χ3n) is 4.96. The fourth-order valence-electron chi connectivity index (χ4n) is 3.24. The van der Waals surface area contributed by atoms with Crippen molar-refractivity contribution < 1.29 is 9.53 Å². The molecule has 1 aromatic heterocycles. The Bertz CT molecular complexity index is 829. The van der Waals surface area contributed by atoms with Gasteiger partial charge in [0.1, 0.15) is 5.75 Å². The van der Waals surface area contributed by atoms with Crippen molar-refractivity contribution in [1.29, 1.82) is 0 Å². The van der Waals surface area contributed by atoms with E-state index in [0.29, 0.717) is 6.54 Å². The number of aromatic nitrogens is 3. The highest BCUT2D eigenvalue weighted by Gasteiger charge is 2.19. The maximum absolute atomic E-state index is 12.4. The second-order valence-electron chi connectivity index (χ2n) is 7.00. The van der Waals surface area contributed by atoms with Crippen molar-refractivity contribution in [3.8, 4) is 17.1 Å². The molecule has 1 atom stereocenters. The summed E-state index contributed by atoms with van der Waals surface area (Å²) < 4.78 is 7.12. The second kappa shape index (κ2) is 9.78. The molecule has 1 amide bonds. The number of allylic oxidation sites excluding steroid dienone is 1. The molecule has 1 heterocycles. The van der Waals surface area contributed by atoms with E-state index in [2.05, 4.69) is 21.6 Å². The molecule has 0 aliphatic heterocycles. The van der Waals surface area contributed by atoms with Gasteiger partial charge >= 0.3 is 0 Å². The van der Waals surface area contributed by atoms with E-state index in [-0.39, 0.29) is 11.2 Å². The molecule has 2 aromatic rings. The Balaban J connectivity index is 1.54. The summed E-state index contributed by atoms with van der Waals surface area (Å²) in [7, 11) is 3.56. The summed E-state index contributed by atoms with van der Waals surface area (Å²) >= 11 is 1.43. The van der Waals surface area contributed by atoms with Crippen LogP contribution in [0.15, 0.2) is 41.1 Å². The van der Waals surface area contributed by atoms with Gasteiger partial charge in [-0.1, -0.05) is 23.4 Å².